The zero-order valence-corrected chi connectivity index (χ0v) is 10.4. The highest BCUT2D eigenvalue weighted by molar-refractivity contribution is 7.89. The Kier molecular flexibility index (Phi) is 6.68. The first-order valence-electron chi connectivity index (χ1n) is 4.46. The highest BCUT2D eigenvalue weighted by Gasteiger charge is 2.17. The van der Waals surface area contributed by atoms with Gasteiger partial charge in [-0.15, -0.1) is 11.6 Å². The molecule has 0 fully saturated rings. The van der Waals surface area contributed by atoms with E-state index in [9.17, 15) is 8.42 Å². The number of hydrogen-bond donors (Lipinski definition) is 1. The molecule has 0 aromatic rings. The number of rotatable bonds is 7. The van der Waals surface area contributed by atoms with E-state index in [1.807, 2.05) is 0 Å². The summed E-state index contributed by atoms with van der Waals surface area (Å²) in [5, 5.41) is 0. The van der Waals surface area contributed by atoms with Crippen LogP contribution >= 0.6 is 11.6 Å². The fraction of sp³-hybridized carbons (Fsp3) is 1.00. The molecule has 0 saturated carbocycles. The summed E-state index contributed by atoms with van der Waals surface area (Å²) in [4.78, 5) is 0. The van der Waals surface area contributed by atoms with Crippen LogP contribution in [0.2, 0.25) is 0 Å². The molecule has 2 atom stereocenters. The molecule has 0 aromatic carbocycles. The Morgan fingerprint density at radius 2 is 2.00 bits per heavy atom. The number of nitrogens with one attached hydrogen (secondary N) is 1. The van der Waals surface area contributed by atoms with Gasteiger partial charge in [-0.2, -0.15) is 0 Å². The van der Waals surface area contributed by atoms with E-state index >= 15 is 0 Å². The average molecular weight is 244 g/mol. The topological polar surface area (TPSA) is 55.4 Å². The van der Waals surface area contributed by atoms with Crippen LogP contribution in [0.15, 0.2) is 0 Å². The molecule has 2 unspecified atom stereocenters. The molecule has 0 heterocycles. The quantitative estimate of drug-likeness (QED) is 0.674. The van der Waals surface area contributed by atoms with Crippen molar-refractivity contribution in [3.8, 4) is 0 Å². The van der Waals surface area contributed by atoms with Crippen molar-refractivity contribution in [2.45, 2.75) is 19.9 Å². The summed E-state index contributed by atoms with van der Waals surface area (Å²) in [5.74, 6) is 0.369. The minimum Gasteiger partial charge on any atom is -0.383 e. The van der Waals surface area contributed by atoms with Gasteiger partial charge < -0.3 is 4.74 Å². The Bertz CT molecular complexity index is 243. The lowest BCUT2D eigenvalue weighted by molar-refractivity contribution is 0.180. The number of hydrogen-bond acceptors (Lipinski definition) is 3. The molecule has 1 N–H and O–H groups in total. The summed E-state index contributed by atoms with van der Waals surface area (Å²) in [7, 11) is -1.69. The van der Waals surface area contributed by atoms with Gasteiger partial charge in [-0.25, -0.2) is 13.1 Å². The maximum atomic E-state index is 11.5. The van der Waals surface area contributed by atoms with E-state index in [0.717, 1.165) is 0 Å². The summed E-state index contributed by atoms with van der Waals surface area (Å²) in [6, 6.07) is -0.201. The molecule has 0 radical (unpaired) electrons. The van der Waals surface area contributed by atoms with E-state index in [1.165, 1.54) is 7.11 Å². The molecular formula is C8H18ClNO3S. The van der Waals surface area contributed by atoms with Crippen molar-refractivity contribution in [1.82, 2.24) is 4.72 Å². The number of ether oxygens (including phenoxy) is 1. The van der Waals surface area contributed by atoms with Crippen LogP contribution in [0.5, 0.6) is 0 Å². The number of halogens is 1. The van der Waals surface area contributed by atoms with Gasteiger partial charge in [0.1, 0.15) is 0 Å². The Morgan fingerprint density at radius 1 is 1.43 bits per heavy atom. The summed E-state index contributed by atoms with van der Waals surface area (Å²) in [5.41, 5.74) is 0. The Labute approximate surface area is 91.0 Å². The highest BCUT2D eigenvalue weighted by atomic mass is 35.5. The van der Waals surface area contributed by atoms with E-state index < -0.39 is 10.0 Å². The van der Waals surface area contributed by atoms with Gasteiger partial charge in [0.25, 0.3) is 0 Å². The molecule has 0 aliphatic rings. The molecule has 0 bridgehead atoms. The molecule has 0 rings (SSSR count). The second-order valence-corrected chi connectivity index (χ2v) is 5.62. The monoisotopic (exact) mass is 243 g/mol. The Balaban J connectivity index is 4.07. The van der Waals surface area contributed by atoms with Gasteiger partial charge in [0.2, 0.25) is 10.0 Å². The lowest BCUT2D eigenvalue weighted by Gasteiger charge is -2.14. The van der Waals surface area contributed by atoms with Gasteiger partial charge in [0.15, 0.2) is 0 Å². The molecule has 14 heavy (non-hydrogen) atoms. The molecule has 86 valence electrons. The number of methoxy groups -OCH3 is 1. The predicted molar refractivity (Wildman–Crippen MR) is 58.1 cm³/mol. The number of sulfonamides is 1. The Morgan fingerprint density at radius 3 is 2.43 bits per heavy atom. The molecule has 0 aromatic heterocycles. The van der Waals surface area contributed by atoms with Crippen molar-refractivity contribution in [1.29, 1.82) is 0 Å². The van der Waals surface area contributed by atoms with Crippen molar-refractivity contribution in [3.63, 3.8) is 0 Å². The first-order valence-corrected chi connectivity index (χ1v) is 6.65. The summed E-state index contributed by atoms with van der Waals surface area (Å²) in [6.45, 7) is 3.92. The van der Waals surface area contributed by atoms with Crippen LogP contribution in [0.4, 0.5) is 0 Å². The summed E-state index contributed by atoms with van der Waals surface area (Å²) in [6.07, 6.45) is 0. The predicted octanol–water partition coefficient (Wildman–Crippen LogP) is 0.816. The first kappa shape index (κ1) is 14.2. The van der Waals surface area contributed by atoms with Gasteiger partial charge in [0.05, 0.1) is 12.4 Å². The number of alkyl halides is 1. The Hall–Kier alpha value is 0.160. The van der Waals surface area contributed by atoms with Crippen molar-refractivity contribution in [2.75, 3.05) is 25.3 Å². The third kappa shape index (κ3) is 6.59. The minimum atomic E-state index is -3.23. The van der Waals surface area contributed by atoms with Gasteiger partial charge in [0, 0.05) is 19.0 Å². The van der Waals surface area contributed by atoms with E-state index in [-0.39, 0.29) is 17.7 Å². The van der Waals surface area contributed by atoms with E-state index in [1.54, 1.807) is 13.8 Å². The maximum Gasteiger partial charge on any atom is 0.212 e. The lowest BCUT2D eigenvalue weighted by Crippen LogP contribution is -2.38. The molecule has 0 aliphatic carbocycles. The lowest BCUT2D eigenvalue weighted by atomic mass is 10.3. The first-order chi connectivity index (χ1) is 6.41. The van der Waals surface area contributed by atoms with Gasteiger partial charge in [-0.05, 0) is 12.8 Å². The van der Waals surface area contributed by atoms with Crippen LogP contribution < -0.4 is 4.72 Å². The zero-order valence-electron chi connectivity index (χ0n) is 8.79. The SMILES string of the molecule is COCC(C)NS(=O)(=O)CC(C)CCl. The van der Waals surface area contributed by atoms with Crippen LogP contribution in [0.1, 0.15) is 13.8 Å². The molecule has 0 amide bonds. The largest absolute Gasteiger partial charge is 0.383 e. The third-order valence-corrected chi connectivity index (χ3v) is 3.86. The van der Waals surface area contributed by atoms with Gasteiger partial charge >= 0.3 is 0 Å². The highest BCUT2D eigenvalue weighted by Crippen LogP contribution is 2.02. The zero-order chi connectivity index (χ0) is 11.2. The smallest absolute Gasteiger partial charge is 0.212 e. The normalized spacial score (nSPS) is 16.6. The molecule has 4 nitrogen and oxygen atoms in total. The molecule has 0 aliphatic heterocycles. The van der Waals surface area contributed by atoms with Crippen LogP contribution in [0.25, 0.3) is 0 Å². The minimum absolute atomic E-state index is 0.0380. The average Bonchev–Trinajstić information content (AvgIpc) is 2.02. The van der Waals surface area contributed by atoms with Crippen LogP contribution in [-0.4, -0.2) is 39.8 Å². The van der Waals surface area contributed by atoms with Crippen LogP contribution in [-0.2, 0) is 14.8 Å². The molecule has 6 heteroatoms. The second-order valence-electron chi connectivity index (χ2n) is 3.52. The van der Waals surface area contributed by atoms with E-state index in [4.69, 9.17) is 16.3 Å². The van der Waals surface area contributed by atoms with Gasteiger partial charge in [-0.3, -0.25) is 0 Å². The van der Waals surface area contributed by atoms with Crippen molar-refractivity contribution in [2.24, 2.45) is 5.92 Å². The van der Waals surface area contributed by atoms with E-state index in [0.29, 0.717) is 12.5 Å². The van der Waals surface area contributed by atoms with Crippen molar-refractivity contribution >= 4 is 21.6 Å². The summed E-state index contributed by atoms with van der Waals surface area (Å²) < 4.78 is 30.3. The molecular weight excluding hydrogens is 226 g/mol. The van der Waals surface area contributed by atoms with Crippen molar-refractivity contribution < 1.29 is 13.2 Å². The van der Waals surface area contributed by atoms with Gasteiger partial charge in [-0.1, -0.05) is 6.92 Å². The van der Waals surface area contributed by atoms with Crippen molar-refractivity contribution in [3.05, 3.63) is 0 Å². The fourth-order valence-electron chi connectivity index (χ4n) is 1.06. The molecule has 0 saturated heterocycles. The molecule has 0 spiro atoms. The third-order valence-electron chi connectivity index (χ3n) is 1.56. The maximum absolute atomic E-state index is 11.5. The fourth-order valence-corrected chi connectivity index (χ4v) is 2.94. The second kappa shape index (κ2) is 6.61. The standard InChI is InChI=1S/C8H18ClNO3S/c1-7(4-9)6-14(11,12)10-8(2)5-13-3/h7-8,10H,4-6H2,1-3H3. The van der Waals surface area contributed by atoms with Crippen LogP contribution in [0.3, 0.4) is 0 Å². The van der Waals surface area contributed by atoms with Crippen LogP contribution in [0, 0.1) is 5.92 Å². The summed E-state index contributed by atoms with van der Waals surface area (Å²) >= 11 is 5.54. The van der Waals surface area contributed by atoms with E-state index in [2.05, 4.69) is 4.72 Å².